The largest absolute Gasteiger partial charge is 0.292 e. The maximum absolute atomic E-state index is 13.5. The van der Waals surface area contributed by atoms with Crippen molar-refractivity contribution in [1.82, 2.24) is 9.97 Å². The summed E-state index contributed by atoms with van der Waals surface area (Å²) in [6.07, 6.45) is 3.96. The summed E-state index contributed by atoms with van der Waals surface area (Å²) in [5, 5.41) is 0. The molecule has 5 heteroatoms. The van der Waals surface area contributed by atoms with Crippen LogP contribution in [0.1, 0.15) is 40.7 Å². The Kier molecular flexibility index (Phi) is 6.22. The molecule has 4 rings (SSSR count). The SMILES string of the molecule is CC(CC(=NCC(=O)c1ccccc1)c1ccc(F)cc1)c1ccc2nccnc2c1. The van der Waals surface area contributed by atoms with Gasteiger partial charge in [0, 0.05) is 23.7 Å². The molecule has 0 aliphatic carbocycles. The Bertz CT molecular complexity index is 1220. The van der Waals surface area contributed by atoms with E-state index in [1.54, 1.807) is 36.7 Å². The van der Waals surface area contributed by atoms with Gasteiger partial charge < -0.3 is 0 Å². The average Bonchev–Trinajstić information content (AvgIpc) is 2.82. The monoisotopic (exact) mass is 411 g/mol. The van der Waals surface area contributed by atoms with Gasteiger partial charge >= 0.3 is 0 Å². The van der Waals surface area contributed by atoms with E-state index < -0.39 is 0 Å². The molecule has 0 bridgehead atoms. The first-order chi connectivity index (χ1) is 15.1. The predicted octanol–water partition coefficient (Wildman–Crippen LogP) is 5.63. The van der Waals surface area contributed by atoms with Crippen molar-refractivity contribution in [2.75, 3.05) is 6.54 Å². The van der Waals surface area contributed by atoms with Gasteiger partial charge in [-0.05, 0) is 47.7 Å². The molecule has 0 fully saturated rings. The molecular formula is C26H22FN3O. The van der Waals surface area contributed by atoms with Gasteiger partial charge in [0.05, 0.1) is 11.0 Å². The Morgan fingerprint density at radius 2 is 1.61 bits per heavy atom. The Morgan fingerprint density at radius 1 is 0.903 bits per heavy atom. The highest BCUT2D eigenvalue weighted by Gasteiger charge is 2.14. The van der Waals surface area contributed by atoms with Crippen molar-refractivity contribution in [1.29, 1.82) is 0 Å². The lowest BCUT2D eigenvalue weighted by atomic mass is 9.92. The smallest absolute Gasteiger partial charge is 0.184 e. The molecule has 1 heterocycles. The molecule has 0 N–H and O–H groups in total. The van der Waals surface area contributed by atoms with E-state index in [0.717, 1.165) is 27.9 Å². The number of hydrogen-bond donors (Lipinski definition) is 0. The minimum Gasteiger partial charge on any atom is -0.292 e. The van der Waals surface area contributed by atoms with Crippen LogP contribution >= 0.6 is 0 Å². The molecule has 1 atom stereocenters. The molecule has 1 unspecified atom stereocenters. The molecule has 0 amide bonds. The van der Waals surface area contributed by atoms with Crippen LogP contribution in [0.5, 0.6) is 0 Å². The number of carbonyl (C=O) groups excluding carboxylic acids is 1. The van der Waals surface area contributed by atoms with Crippen molar-refractivity contribution >= 4 is 22.5 Å². The van der Waals surface area contributed by atoms with Gasteiger partial charge in [-0.2, -0.15) is 0 Å². The molecule has 0 aliphatic rings. The summed E-state index contributed by atoms with van der Waals surface area (Å²) >= 11 is 0. The standard InChI is InChI=1S/C26H22FN3O/c1-18(21-9-12-23-25(16-21)29-14-13-28-23)15-24(19-7-10-22(27)11-8-19)30-17-26(31)20-5-3-2-4-6-20/h2-14,16,18H,15,17H2,1H3. The van der Waals surface area contributed by atoms with Gasteiger partial charge in [-0.1, -0.05) is 55.5 Å². The first kappa shape index (κ1) is 20.5. The fraction of sp³-hybridized carbons (Fsp3) is 0.154. The molecule has 154 valence electrons. The zero-order valence-electron chi connectivity index (χ0n) is 17.2. The van der Waals surface area contributed by atoms with E-state index in [4.69, 9.17) is 0 Å². The Hall–Kier alpha value is -3.73. The van der Waals surface area contributed by atoms with E-state index in [9.17, 15) is 9.18 Å². The number of rotatable bonds is 7. The number of aromatic nitrogens is 2. The molecule has 3 aromatic carbocycles. The Labute approximate surface area is 180 Å². The molecule has 0 radical (unpaired) electrons. The number of hydrogen-bond acceptors (Lipinski definition) is 4. The van der Waals surface area contributed by atoms with Crippen molar-refractivity contribution in [3.63, 3.8) is 0 Å². The van der Waals surface area contributed by atoms with Crippen LogP contribution in [0.2, 0.25) is 0 Å². The molecule has 1 aromatic heterocycles. The summed E-state index contributed by atoms with van der Waals surface area (Å²) < 4.78 is 13.5. The number of ketones is 1. The van der Waals surface area contributed by atoms with Crippen LogP contribution in [0, 0.1) is 5.82 Å². The first-order valence-corrected chi connectivity index (χ1v) is 10.2. The highest BCUT2D eigenvalue weighted by Crippen LogP contribution is 2.24. The van der Waals surface area contributed by atoms with Crippen molar-refractivity contribution in [2.45, 2.75) is 19.3 Å². The first-order valence-electron chi connectivity index (χ1n) is 10.2. The van der Waals surface area contributed by atoms with Gasteiger partial charge in [-0.15, -0.1) is 0 Å². The molecule has 0 saturated heterocycles. The van der Waals surface area contributed by atoms with Crippen LogP contribution in [0.15, 0.2) is 90.2 Å². The molecule has 4 nitrogen and oxygen atoms in total. The summed E-state index contributed by atoms with van der Waals surface area (Å²) in [6.45, 7) is 2.15. The Morgan fingerprint density at radius 3 is 2.35 bits per heavy atom. The number of aliphatic imine (C=N–C) groups is 1. The molecular weight excluding hydrogens is 389 g/mol. The Balaban J connectivity index is 1.60. The van der Waals surface area contributed by atoms with E-state index in [-0.39, 0.29) is 24.1 Å². The van der Waals surface area contributed by atoms with Gasteiger partial charge in [0.1, 0.15) is 12.4 Å². The number of benzene rings is 3. The molecule has 4 aromatic rings. The highest BCUT2D eigenvalue weighted by molar-refractivity contribution is 6.04. The quantitative estimate of drug-likeness (QED) is 0.292. The molecule has 0 spiro atoms. The lowest BCUT2D eigenvalue weighted by Gasteiger charge is -2.15. The normalized spacial score (nSPS) is 12.6. The summed E-state index contributed by atoms with van der Waals surface area (Å²) in [5.41, 5.74) is 5.01. The predicted molar refractivity (Wildman–Crippen MR) is 121 cm³/mol. The average molecular weight is 411 g/mol. The van der Waals surface area contributed by atoms with Gasteiger partial charge in [-0.3, -0.25) is 19.8 Å². The summed E-state index contributed by atoms with van der Waals surface area (Å²) in [5.74, 6) is -0.222. The number of fused-ring (bicyclic) bond motifs is 1. The number of Topliss-reactive ketones (excluding diaryl/α,β-unsaturated/α-hetero) is 1. The van der Waals surface area contributed by atoms with Crippen LogP contribution in [-0.2, 0) is 0 Å². The van der Waals surface area contributed by atoms with Gasteiger partial charge in [0.25, 0.3) is 0 Å². The van der Waals surface area contributed by atoms with E-state index in [2.05, 4.69) is 21.9 Å². The second kappa shape index (κ2) is 9.39. The summed E-state index contributed by atoms with van der Waals surface area (Å²) in [4.78, 5) is 25.9. The number of carbonyl (C=O) groups is 1. The maximum atomic E-state index is 13.5. The van der Waals surface area contributed by atoms with Crippen LogP contribution in [0.4, 0.5) is 4.39 Å². The van der Waals surface area contributed by atoms with E-state index >= 15 is 0 Å². The van der Waals surface area contributed by atoms with Crippen LogP contribution in [-0.4, -0.2) is 28.0 Å². The van der Waals surface area contributed by atoms with Crippen LogP contribution in [0.25, 0.3) is 11.0 Å². The number of halogens is 1. The fourth-order valence-electron chi connectivity index (χ4n) is 3.49. The lowest BCUT2D eigenvalue weighted by molar-refractivity contribution is 0.100. The zero-order valence-corrected chi connectivity index (χ0v) is 17.2. The van der Waals surface area contributed by atoms with Gasteiger partial charge in [-0.25, -0.2) is 4.39 Å². The fourth-order valence-corrected chi connectivity index (χ4v) is 3.49. The van der Waals surface area contributed by atoms with Crippen molar-refractivity contribution < 1.29 is 9.18 Å². The third-order valence-electron chi connectivity index (χ3n) is 5.25. The molecule has 31 heavy (non-hydrogen) atoms. The maximum Gasteiger partial charge on any atom is 0.184 e. The minimum absolute atomic E-state index is 0.0474. The van der Waals surface area contributed by atoms with Crippen molar-refractivity contribution in [3.05, 3.63) is 108 Å². The third-order valence-corrected chi connectivity index (χ3v) is 5.25. The van der Waals surface area contributed by atoms with Gasteiger partial charge in [0.15, 0.2) is 5.78 Å². The second-order valence-corrected chi connectivity index (χ2v) is 7.47. The summed E-state index contributed by atoms with van der Waals surface area (Å²) in [7, 11) is 0. The van der Waals surface area contributed by atoms with Crippen molar-refractivity contribution in [3.8, 4) is 0 Å². The summed E-state index contributed by atoms with van der Waals surface area (Å²) in [6, 6.07) is 21.4. The van der Waals surface area contributed by atoms with Gasteiger partial charge in [0.2, 0.25) is 0 Å². The second-order valence-electron chi connectivity index (χ2n) is 7.47. The van der Waals surface area contributed by atoms with E-state index in [1.165, 1.54) is 12.1 Å². The van der Waals surface area contributed by atoms with E-state index in [0.29, 0.717) is 12.0 Å². The van der Waals surface area contributed by atoms with Crippen molar-refractivity contribution in [2.24, 2.45) is 4.99 Å². The third kappa shape index (κ3) is 5.07. The lowest BCUT2D eigenvalue weighted by Crippen LogP contribution is -2.11. The molecule has 0 saturated carbocycles. The van der Waals surface area contributed by atoms with Crippen LogP contribution < -0.4 is 0 Å². The molecule has 0 aliphatic heterocycles. The minimum atomic E-state index is -0.301. The topological polar surface area (TPSA) is 55.2 Å². The van der Waals surface area contributed by atoms with E-state index in [1.807, 2.05) is 36.4 Å². The zero-order chi connectivity index (χ0) is 21.6. The number of nitrogens with zero attached hydrogens (tertiary/aromatic N) is 3. The highest BCUT2D eigenvalue weighted by atomic mass is 19.1. The van der Waals surface area contributed by atoms with Crippen LogP contribution in [0.3, 0.4) is 0 Å².